The van der Waals surface area contributed by atoms with Crippen molar-refractivity contribution in [3.05, 3.63) is 34.6 Å². The first-order valence-corrected chi connectivity index (χ1v) is 5.58. The number of ether oxygens (including phenoxy) is 1. The Morgan fingerprint density at radius 1 is 1.35 bits per heavy atom. The Morgan fingerprint density at radius 2 is 2.06 bits per heavy atom. The molecule has 90 valence electrons. The second-order valence-electron chi connectivity index (χ2n) is 3.82. The summed E-state index contributed by atoms with van der Waals surface area (Å²) >= 11 is 6.08. The van der Waals surface area contributed by atoms with Crippen LogP contribution in [0, 0.1) is 13.8 Å². The van der Waals surface area contributed by atoms with E-state index in [4.69, 9.17) is 22.1 Å². The van der Waals surface area contributed by atoms with E-state index in [9.17, 15) is 0 Å². The lowest BCUT2D eigenvalue weighted by Crippen LogP contribution is -2.00. The predicted molar refractivity (Wildman–Crippen MR) is 69.0 cm³/mol. The van der Waals surface area contributed by atoms with Crippen LogP contribution >= 0.6 is 11.6 Å². The van der Waals surface area contributed by atoms with E-state index in [0.29, 0.717) is 16.5 Å². The molecule has 0 saturated heterocycles. The zero-order valence-corrected chi connectivity index (χ0v) is 10.7. The van der Waals surface area contributed by atoms with Crippen LogP contribution in [0.25, 0.3) is 5.69 Å². The minimum atomic E-state index is 0.552. The number of anilines is 1. The van der Waals surface area contributed by atoms with Gasteiger partial charge in [0.2, 0.25) is 0 Å². The van der Waals surface area contributed by atoms with Crippen LogP contribution in [0.2, 0.25) is 5.02 Å². The maximum absolute atomic E-state index is 6.08. The number of methoxy groups -OCH3 is 1. The summed E-state index contributed by atoms with van der Waals surface area (Å²) in [6.45, 7) is 3.80. The molecule has 0 radical (unpaired) electrons. The van der Waals surface area contributed by atoms with Gasteiger partial charge in [-0.2, -0.15) is 5.10 Å². The number of hydrogen-bond donors (Lipinski definition) is 1. The Morgan fingerprint density at radius 3 is 2.53 bits per heavy atom. The maximum atomic E-state index is 6.08. The van der Waals surface area contributed by atoms with Crippen LogP contribution in [0.15, 0.2) is 18.2 Å². The smallest absolute Gasteiger partial charge is 0.137 e. The summed E-state index contributed by atoms with van der Waals surface area (Å²) in [6.07, 6.45) is 0. The summed E-state index contributed by atoms with van der Waals surface area (Å²) in [5, 5.41) is 4.92. The van der Waals surface area contributed by atoms with Crippen molar-refractivity contribution in [1.29, 1.82) is 0 Å². The molecule has 5 heteroatoms. The molecule has 0 spiro atoms. The highest BCUT2D eigenvalue weighted by Crippen LogP contribution is 2.28. The lowest BCUT2D eigenvalue weighted by molar-refractivity contribution is 0.415. The van der Waals surface area contributed by atoms with Crippen molar-refractivity contribution in [2.45, 2.75) is 13.8 Å². The van der Waals surface area contributed by atoms with Crippen molar-refractivity contribution in [3.8, 4) is 11.4 Å². The fourth-order valence-electron chi connectivity index (χ4n) is 1.69. The van der Waals surface area contributed by atoms with Crippen LogP contribution in [0.1, 0.15) is 11.4 Å². The third-order valence-corrected chi connectivity index (χ3v) is 3.02. The highest BCUT2D eigenvalue weighted by Gasteiger charge is 2.11. The molecule has 0 unspecified atom stereocenters. The molecule has 0 amide bonds. The normalized spacial score (nSPS) is 10.6. The van der Waals surface area contributed by atoms with Crippen LogP contribution in [-0.2, 0) is 0 Å². The second kappa shape index (κ2) is 4.30. The van der Waals surface area contributed by atoms with E-state index in [2.05, 4.69) is 5.10 Å². The highest BCUT2D eigenvalue weighted by atomic mass is 35.5. The first kappa shape index (κ1) is 11.8. The fraction of sp³-hybridized carbons (Fsp3) is 0.250. The number of halogens is 1. The topological polar surface area (TPSA) is 53.1 Å². The minimum Gasteiger partial charge on any atom is -0.495 e. The summed E-state index contributed by atoms with van der Waals surface area (Å²) in [4.78, 5) is 0. The van der Waals surface area contributed by atoms with Crippen molar-refractivity contribution in [3.63, 3.8) is 0 Å². The van der Waals surface area contributed by atoms with Crippen molar-refractivity contribution in [1.82, 2.24) is 9.78 Å². The van der Waals surface area contributed by atoms with E-state index in [-0.39, 0.29) is 0 Å². The number of nitrogen functional groups attached to an aromatic ring is 1. The number of rotatable bonds is 2. The molecule has 17 heavy (non-hydrogen) atoms. The molecule has 0 aliphatic carbocycles. The lowest BCUT2D eigenvalue weighted by atomic mass is 10.3. The van der Waals surface area contributed by atoms with Gasteiger partial charge in [0.05, 0.1) is 34.9 Å². The van der Waals surface area contributed by atoms with Crippen molar-refractivity contribution >= 4 is 17.3 Å². The van der Waals surface area contributed by atoms with Gasteiger partial charge in [0, 0.05) is 0 Å². The fourth-order valence-corrected chi connectivity index (χ4v) is 1.95. The first-order valence-electron chi connectivity index (χ1n) is 5.20. The van der Waals surface area contributed by atoms with E-state index >= 15 is 0 Å². The summed E-state index contributed by atoms with van der Waals surface area (Å²) in [5.74, 6) is 0.643. The standard InChI is InChI=1S/C12H14ClN3O/c1-7-12(14)8(2)16(15-7)9-4-5-11(17-3)10(13)6-9/h4-6H,14H2,1-3H3. The van der Waals surface area contributed by atoms with Gasteiger partial charge in [0.15, 0.2) is 0 Å². The largest absolute Gasteiger partial charge is 0.495 e. The van der Waals surface area contributed by atoms with Crippen LogP contribution in [0.4, 0.5) is 5.69 Å². The molecule has 4 nitrogen and oxygen atoms in total. The summed E-state index contributed by atoms with van der Waals surface area (Å²) in [5.41, 5.74) is 9.19. The Labute approximate surface area is 105 Å². The minimum absolute atomic E-state index is 0.552. The molecule has 2 aromatic rings. The van der Waals surface area contributed by atoms with Gasteiger partial charge in [-0.15, -0.1) is 0 Å². The molecule has 0 bridgehead atoms. The predicted octanol–water partition coefficient (Wildman–Crippen LogP) is 2.73. The molecular weight excluding hydrogens is 238 g/mol. The quantitative estimate of drug-likeness (QED) is 0.893. The number of aryl methyl sites for hydroxylation is 1. The van der Waals surface area contributed by atoms with Gasteiger partial charge in [-0.25, -0.2) is 4.68 Å². The zero-order chi connectivity index (χ0) is 12.6. The number of aromatic nitrogens is 2. The van der Waals surface area contributed by atoms with Gasteiger partial charge in [-0.05, 0) is 32.0 Å². The number of nitrogens with zero attached hydrogens (tertiary/aromatic N) is 2. The molecule has 0 aliphatic rings. The van der Waals surface area contributed by atoms with Crippen molar-refractivity contribution in [2.24, 2.45) is 0 Å². The van der Waals surface area contributed by atoms with Gasteiger partial charge in [-0.1, -0.05) is 11.6 Å². The van der Waals surface area contributed by atoms with Gasteiger partial charge in [0.25, 0.3) is 0 Å². The summed E-state index contributed by atoms with van der Waals surface area (Å²) in [7, 11) is 1.59. The average Bonchev–Trinajstić information content (AvgIpc) is 2.57. The molecule has 2 N–H and O–H groups in total. The molecule has 1 aromatic carbocycles. The van der Waals surface area contributed by atoms with Crippen LogP contribution < -0.4 is 10.5 Å². The summed E-state index contributed by atoms with van der Waals surface area (Å²) < 4.78 is 6.88. The monoisotopic (exact) mass is 251 g/mol. The number of hydrogen-bond acceptors (Lipinski definition) is 3. The lowest BCUT2D eigenvalue weighted by Gasteiger charge is -2.07. The SMILES string of the molecule is COc1ccc(-n2nc(C)c(N)c2C)cc1Cl. The Bertz CT molecular complexity index is 563. The van der Waals surface area contributed by atoms with Gasteiger partial charge >= 0.3 is 0 Å². The molecular formula is C12H14ClN3O. The number of benzene rings is 1. The first-order chi connectivity index (χ1) is 8.04. The van der Waals surface area contributed by atoms with Crippen molar-refractivity contribution in [2.75, 3.05) is 12.8 Å². The molecule has 0 fully saturated rings. The van der Waals surface area contributed by atoms with Crippen molar-refractivity contribution < 1.29 is 4.74 Å². The molecule has 1 heterocycles. The third-order valence-electron chi connectivity index (χ3n) is 2.73. The van der Waals surface area contributed by atoms with Crippen LogP contribution in [-0.4, -0.2) is 16.9 Å². The van der Waals surface area contributed by atoms with Gasteiger partial charge in [-0.3, -0.25) is 0 Å². The molecule has 2 rings (SSSR count). The van der Waals surface area contributed by atoms with E-state index < -0.39 is 0 Å². The van der Waals surface area contributed by atoms with Gasteiger partial charge < -0.3 is 10.5 Å². The van der Waals surface area contributed by atoms with E-state index in [1.807, 2.05) is 26.0 Å². The number of nitrogens with two attached hydrogens (primary N) is 1. The highest BCUT2D eigenvalue weighted by molar-refractivity contribution is 6.32. The maximum Gasteiger partial charge on any atom is 0.137 e. The summed E-state index contributed by atoms with van der Waals surface area (Å²) in [6, 6.07) is 5.51. The Kier molecular flexibility index (Phi) is 2.98. The Balaban J connectivity index is 2.53. The zero-order valence-electron chi connectivity index (χ0n) is 9.99. The third kappa shape index (κ3) is 1.96. The molecule has 0 aliphatic heterocycles. The van der Waals surface area contributed by atoms with Gasteiger partial charge in [0.1, 0.15) is 5.75 Å². The average molecular weight is 252 g/mol. The second-order valence-corrected chi connectivity index (χ2v) is 4.22. The molecule has 1 aromatic heterocycles. The van der Waals surface area contributed by atoms with Crippen LogP contribution in [0.5, 0.6) is 5.75 Å². The van der Waals surface area contributed by atoms with E-state index in [1.54, 1.807) is 17.9 Å². The van der Waals surface area contributed by atoms with Crippen LogP contribution in [0.3, 0.4) is 0 Å². The Hall–Kier alpha value is -1.68. The van der Waals surface area contributed by atoms with E-state index in [0.717, 1.165) is 17.1 Å². The van der Waals surface area contributed by atoms with E-state index in [1.165, 1.54) is 0 Å². The molecule has 0 atom stereocenters. The molecule has 0 saturated carbocycles.